The molecule has 0 aliphatic heterocycles. The highest BCUT2D eigenvalue weighted by Gasteiger charge is 2.19. The number of oxime groups is 1. The minimum absolute atomic E-state index is 0.405. The van der Waals surface area contributed by atoms with Crippen LogP contribution >= 0.6 is 0 Å². The SMILES string of the molecule is CC/C(=N\O)C(C)(C)O. The van der Waals surface area contributed by atoms with Gasteiger partial charge in [-0.15, -0.1) is 0 Å². The Morgan fingerprint density at radius 2 is 2.00 bits per heavy atom. The van der Waals surface area contributed by atoms with Crippen LogP contribution in [-0.4, -0.2) is 21.6 Å². The summed E-state index contributed by atoms with van der Waals surface area (Å²) in [7, 11) is 0. The first-order chi connectivity index (χ1) is 4.02. The van der Waals surface area contributed by atoms with Gasteiger partial charge in [0.15, 0.2) is 0 Å². The highest BCUT2D eigenvalue weighted by Crippen LogP contribution is 2.06. The summed E-state index contributed by atoms with van der Waals surface area (Å²) < 4.78 is 0. The average molecular weight is 131 g/mol. The van der Waals surface area contributed by atoms with Crippen LogP contribution in [0.3, 0.4) is 0 Å². The predicted octanol–water partition coefficient (Wildman–Crippen LogP) is 0.998. The Morgan fingerprint density at radius 1 is 1.56 bits per heavy atom. The average Bonchev–Trinajstić information content (AvgIpc) is 1.65. The number of aliphatic hydroxyl groups is 1. The summed E-state index contributed by atoms with van der Waals surface area (Å²) >= 11 is 0. The molecule has 9 heavy (non-hydrogen) atoms. The topological polar surface area (TPSA) is 52.8 Å². The fraction of sp³-hybridized carbons (Fsp3) is 0.833. The summed E-state index contributed by atoms with van der Waals surface area (Å²) in [6.45, 7) is 5.00. The molecule has 0 aromatic rings. The van der Waals surface area contributed by atoms with Crippen molar-refractivity contribution < 1.29 is 10.3 Å². The second kappa shape index (κ2) is 2.82. The molecular formula is C6H13NO2. The monoisotopic (exact) mass is 131 g/mol. The zero-order chi connectivity index (χ0) is 7.49. The first-order valence-corrected chi connectivity index (χ1v) is 2.96. The lowest BCUT2D eigenvalue weighted by Gasteiger charge is -2.16. The molecule has 0 saturated carbocycles. The Balaban J connectivity index is 4.14. The van der Waals surface area contributed by atoms with Crippen LogP contribution in [0.4, 0.5) is 0 Å². The van der Waals surface area contributed by atoms with E-state index in [0.717, 1.165) is 0 Å². The lowest BCUT2D eigenvalue weighted by molar-refractivity contribution is 0.145. The van der Waals surface area contributed by atoms with Gasteiger partial charge in [-0.2, -0.15) is 0 Å². The van der Waals surface area contributed by atoms with Crippen LogP contribution in [-0.2, 0) is 0 Å². The molecule has 0 amide bonds. The van der Waals surface area contributed by atoms with Crippen molar-refractivity contribution in [3.05, 3.63) is 0 Å². The summed E-state index contributed by atoms with van der Waals surface area (Å²) in [4.78, 5) is 0. The molecule has 0 rings (SSSR count). The maximum absolute atomic E-state index is 9.19. The van der Waals surface area contributed by atoms with E-state index < -0.39 is 5.60 Å². The van der Waals surface area contributed by atoms with Gasteiger partial charge in [-0.1, -0.05) is 12.1 Å². The van der Waals surface area contributed by atoms with E-state index in [9.17, 15) is 5.11 Å². The van der Waals surface area contributed by atoms with Crippen LogP contribution in [0, 0.1) is 0 Å². The van der Waals surface area contributed by atoms with Crippen molar-refractivity contribution in [2.45, 2.75) is 32.8 Å². The van der Waals surface area contributed by atoms with Gasteiger partial charge in [-0.3, -0.25) is 0 Å². The smallest absolute Gasteiger partial charge is 0.100 e. The summed E-state index contributed by atoms with van der Waals surface area (Å²) in [6, 6.07) is 0. The largest absolute Gasteiger partial charge is 0.411 e. The zero-order valence-electron chi connectivity index (χ0n) is 6.05. The minimum Gasteiger partial charge on any atom is -0.411 e. The van der Waals surface area contributed by atoms with E-state index in [0.29, 0.717) is 12.1 Å². The molecule has 3 nitrogen and oxygen atoms in total. The van der Waals surface area contributed by atoms with Gasteiger partial charge in [0.1, 0.15) is 5.60 Å². The van der Waals surface area contributed by atoms with E-state index in [1.54, 1.807) is 13.8 Å². The number of hydrogen-bond donors (Lipinski definition) is 2. The van der Waals surface area contributed by atoms with E-state index in [1.807, 2.05) is 6.92 Å². The Bertz CT molecular complexity index is 113. The molecule has 0 atom stereocenters. The Kier molecular flexibility index (Phi) is 2.65. The molecule has 0 aliphatic rings. The molecule has 3 heteroatoms. The normalized spacial score (nSPS) is 14.0. The fourth-order valence-corrected chi connectivity index (χ4v) is 0.626. The van der Waals surface area contributed by atoms with Crippen LogP contribution in [0.25, 0.3) is 0 Å². The Hall–Kier alpha value is -0.570. The van der Waals surface area contributed by atoms with Gasteiger partial charge < -0.3 is 10.3 Å². The number of rotatable bonds is 2. The third-order valence-electron chi connectivity index (χ3n) is 1.16. The minimum atomic E-state index is -0.983. The van der Waals surface area contributed by atoms with Crippen molar-refractivity contribution in [3.8, 4) is 0 Å². The van der Waals surface area contributed by atoms with E-state index in [2.05, 4.69) is 5.16 Å². The van der Waals surface area contributed by atoms with E-state index in [4.69, 9.17) is 5.21 Å². The maximum atomic E-state index is 9.19. The Labute approximate surface area is 55.0 Å². The maximum Gasteiger partial charge on any atom is 0.100 e. The third-order valence-corrected chi connectivity index (χ3v) is 1.16. The van der Waals surface area contributed by atoms with Crippen LogP contribution in [0.1, 0.15) is 27.2 Å². The predicted molar refractivity (Wildman–Crippen MR) is 35.8 cm³/mol. The molecule has 0 saturated heterocycles. The van der Waals surface area contributed by atoms with Crippen LogP contribution in [0.5, 0.6) is 0 Å². The highest BCUT2D eigenvalue weighted by molar-refractivity contribution is 5.90. The van der Waals surface area contributed by atoms with Gasteiger partial charge in [0.05, 0.1) is 5.71 Å². The van der Waals surface area contributed by atoms with Crippen LogP contribution in [0.15, 0.2) is 5.16 Å². The lowest BCUT2D eigenvalue weighted by Crippen LogP contribution is -2.30. The third kappa shape index (κ3) is 2.46. The first kappa shape index (κ1) is 8.43. The molecule has 0 aliphatic carbocycles. The van der Waals surface area contributed by atoms with Crippen molar-refractivity contribution in [1.29, 1.82) is 0 Å². The molecular weight excluding hydrogens is 118 g/mol. The highest BCUT2D eigenvalue weighted by atomic mass is 16.4. The van der Waals surface area contributed by atoms with Gasteiger partial charge in [0, 0.05) is 0 Å². The second-order valence-electron chi connectivity index (χ2n) is 2.46. The second-order valence-corrected chi connectivity index (χ2v) is 2.46. The lowest BCUT2D eigenvalue weighted by atomic mass is 10.0. The van der Waals surface area contributed by atoms with Gasteiger partial charge in [0.25, 0.3) is 0 Å². The Morgan fingerprint density at radius 3 is 2.00 bits per heavy atom. The van der Waals surface area contributed by atoms with Crippen LogP contribution in [0.2, 0.25) is 0 Å². The zero-order valence-corrected chi connectivity index (χ0v) is 6.05. The molecule has 2 N–H and O–H groups in total. The summed E-state index contributed by atoms with van der Waals surface area (Å²) in [5.41, 5.74) is -0.578. The molecule has 0 spiro atoms. The summed E-state index contributed by atoms with van der Waals surface area (Å²) in [5.74, 6) is 0. The molecule has 0 heterocycles. The van der Waals surface area contributed by atoms with Gasteiger partial charge in [-0.05, 0) is 20.3 Å². The molecule has 0 radical (unpaired) electrons. The van der Waals surface area contributed by atoms with Crippen molar-refractivity contribution in [3.63, 3.8) is 0 Å². The molecule has 0 fully saturated rings. The van der Waals surface area contributed by atoms with E-state index in [1.165, 1.54) is 0 Å². The van der Waals surface area contributed by atoms with Crippen molar-refractivity contribution in [2.75, 3.05) is 0 Å². The molecule has 0 bridgehead atoms. The standard InChI is InChI=1S/C6H13NO2/c1-4-5(7-9)6(2,3)8/h8-9H,4H2,1-3H3/b7-5+. The number of nitrogens with zero attached hydrogens (tertiary/aromatic N) is 1. The fourth-order valence-electron chi connectivity index (χ4n) is 0.626. The van der Waals surface area contributed by atoms with Gasteiger partial charge in [-0.25, -0.2) is 0 Å². The first-order valence-electron chi connectivity index (χ1n) is 2.96. The molecule has 0 unspecified atom stereocenters. The van der Waals surface area contributed by atoms with E-state index >= 15 is 0 Å². The molecule has 0 aromatic heterocycles. The van der Waals surface area contributed by atoms with Crippen molar-refractivity contribution >= 4 is 5.71 Å². The van der Waals surface area contributed by atoms with Gasteiger partial charge >= 0.3 is 0 Å². The quantitative estimate of drug-likeness (QED) is 0.333. The number of hydrogen-bond acceptors (Lipinski definition) is 3. The summed E-state index contributed by atoms with van der Waals surface area (Å²) in [6.07, 6.45) is 0.569. The van der Waals surface area contributed by atoms with Gasteiger partial charge in [0.2, 0.25) is 0 Å². The van der Waals surface area contributed by atoms with E-state index in [-0.39, 0.29) is 0 Å². The van der Waals surface area contributed by atoms with Crippen LogP contribution < -0.4 is 0 Å². The summed E-state index contributed by atoms with van der Waals surface area (Å²) in [5, 5.41) is 20.4. The van der Waals surface area contributed by atoms with Crippen molar-refractivity contribution in [1.82, 2.24) is 0 Å². The molecule has 54 valence electrons. The molecule has 0 aromatic carbocycles. The van der Waals surface area contributed by atoms with Crippen molar-refractivity contribution in [2.24, 2.45) is 5.16 Å².